The van der Waals surface area contributed by atoms with Crippen molar-refractivity contribution in [1.82, 2.24) is 14.8 Å². The number of para-hydroxylation sites is 2. The predicted octanol–water partition coefficient (Wildman–Crippen LogP) is 2.49. The number of rotatable bonds is 4. The number of hydrogen-bond donors (Lipinski definition) is 1. The maximum Gasteiger partial charge on any atom is 0.257 e. The summed E-state index contributed by atoms with van der Waals surface area (Å²) >= 11 is 0. The highest BCUT2D eigenvalue weighted by molar-refractivity contribution is 5.97. The minimum atomic E-state index is -0.0498. The van der Waals surface area contributed by atoms with Gasteiger partial charge in [-0.15, -0.1) is 0 Å². The molecule has 0 aliphatic carbocycles. The lowest BCUT2D eigenvalue weighted by Gasteiger charge is -2.34. The Morgan fingerprint density at radius 1 is 1.04 bits per heavy atom. The van der Waals surface area contributed by atoms with Gasteiger partial charge in [-0.1, -0.05) is 30.3 Å². The third-order valence-corrected chi connectivity index (χ3v) is 5.22. The first-order valence-electron chi connectivity index (χ1n) is 9.41. The van der Waals surface area contributed by atoms with E-state index in [0.717, 1.165) is 29.6 Å². The smallest absolute Gasteiger partial charge is 0.257 e. The van der Waals surface area contributed by atoms with Crippen LogP contribution in [0.3, 0.4) is 0 Å². The highest BCUT2D eigenvalue weighted by Crippen LogP contribution is 2.20. The zero-order valence-corrected chi connectivity index (χ0v) is 15.9. The zero-order valence-electron chi connectivity index (χ0n) is 15.9. The number of carbonyl (C=O) groups excluding carboxylic acids is 1. The first-order valence-corrected chi connectivity index (χ1v) is 9.41. The number of carbonyl (C=O) groups is 1. The van der Waals surface area contributed by atoms with Gasteiger partial charge in [-0.25, -0.2) is 0 Å². The number of nitrogens with one attached hydrogen (secondary N) is 1. The molecule has 6 heteroatoms. The molecule has 0 spiro atoms. The van der Waals surface area contributed by atoms with Gasteiger partial charge in [0.2, 0.25) is 0 Å². The Morgan fingerprint density at radius 3 is 2.54 bits per heavy atom. The fourth-order valence-electron chi connectivity index (χ4n) is 3.65. The maximum absolute atomic E-state index is 12.8. The lowest BCUT2D eigenvalue weighted by Crippen LogP contribution is -2.48. The number of pyridine rings is 1. The minimum absolute atomic E-state index is 0.0133. The van der Waals surface area contributed by atoms with E-state index in [4.69, 9.17) is 4.74 Å². The van der Waals surface area contributed by atoms with Gasteiger partial charge < -0.3 is 14.6 Å². The number of H-pyrrole nitrogens is 1. The van der Waals surface area contributed by atoms with Crippen molar-refractivity contribution in [3.63, 3.8) is 0 Å². The molecule has 0 atom stereocenters. The Bertz CT molecular complexity index is 1050. The number of aromatic amines is 1. The summed E-state index contributed by atoms with van der Waals surface area (Å²) in [5, 5.41) is 1.03. The van der Waals surface area contributed by atoms with Crippen molar-refractivity contribution in [1.29, 1.82) is 0 Å². The van der Waals surface area contributed by atoms with E-state index in [-0.39, 0.29) is 11.5 Å². The van der Waals surface area contributed by atoms with Crippen molar-refractivity contribution in [3.05, 3.63) is 76.1 Å². The van der Waals surface area contributed by atoms with Crippen LogP contribution < -0.4 is 10.3 Å². The van der Waals surface area contributed by atoms with Crippen molar-refractivity contribution >= 4 is 16.8 Å². The molecule has 144 valence electrons. The van der Waals surface area contributed by atoms with Crippen molar-refractivity contribution in [3.8, 4) is 5.75 Å². The number of nitrogens with zero attached hydrogens (tertiary/aromatic N) is 2. The summed E-state index contributed by atoms with van der Waals surface area (Å²) in [6, 6.07) is 17.0. The average molecular weight is 377 g/mol. The van der Waals surface area contributed by atoms with E-state index >= 15 is 0 Å². The molecule has 4 rings (SSSR count). The molecule has 1 aromatic heterocycles. The third kappa shape index (κ3) is 3.64. The fraction of sp³-hybridized carbons (Fsp3) is 0.273. The van der Waals surface area contributed by atoms with Crippen molar-refractivity contribution in [2.45, 2.75) is 6.54 Å². The molecule has 28 heavy (non-hydrogen) atoms. The van der Waals surface area contributed by atoms with E-state index < -0.39 is 0 Å². The lowest BCUT2D eigenvalue weighted by atomic mass is 10.1. The number of piperazine rings is 1. The van der Waals surface area contributed by atoms with Gasteiger partial charge >= 0.3 is 0 Å². The van der Waals surface area contributed by atoms with Crippen molar-refractivity contribution in [2.24, 2.45) is 0 Å². The molecule has 0 unspecified atom stereocenters. The second-order valence-electron chi connectivity index (χ2n) is 6.98. The quantitative estimate of drug-likeness (QED) is 0.759. The standard InChI is InChI=1S/C22H23N3O3/c1-28-20-9-5-3-7-18(20)22(27)25-12-10-24(11-13-25)15-17-14-16-6-2-4-8-19(16)23-21(17)26/h2-9,14H,10-13,15H2,1H3,(H,23,26). The number of hydrogen-bond acceptors (Lipinski definition) is 4. The molecule has 1 saturated heterocycles. The molecular weight excluding hydrogens is 354 g/mol. The van der Waals surface area contributed by atoms with Crippen LogP contribution in [0.15, 0.2) is 59.4 Å². The predicted molar refractivity (Wildman–Crippen MR) is 109 cm³/mol. The van der Waals surface area contributed by atoms with E-state index in [2.05, 4.69) is 9.88 Å². The molecular formula is C22H23N3O3. The molecule has 3 aromatic rings. The molecule has 1 fully saturated rings. The maximum atomic E-state index is 12.8. The molecule has 2 heterocycles. The van der Waals surface area contributed by atoms with Crippen LogP contribution in [0.2, 0.25) is 0 Å². The van der Waals surface area contributed by atoms with E-state index in [1.807, 2.05) is 47.4 Å². The number of benzene rings is 2. The van der Waals surface area contributed by atoms with Crippen molar-refractivity contribution in [2.75, 3.05) is 33.3 Å². The molecule has 0 saturated carbocycles. The van der Waals surface area contributed by atoms with E-state index in [1.54, 1.807) is 19.2 Å². The summed E-state index contributed by atoms with van der Waals surface area (Å²) in [5.41, 5.74) is 2.14. The second-order valence-corrected chi connectivity index (χ2v) is 6.98. The van der Waals surface area contributed by atoms with Gasteiger partial charge in [0.1, 0.15) is 5.75 Å². The lowest BCUT2D eigenvalue weighted by molar-refractivity contribution is 0.0625. The first-order chi connectivity index (χ1) is 13.7. The SMILES string of the molecule is COc1ccccc1C(=O)N1CCN(Cc2cc3ccccc3[nH]c2=O)CC1. The van der Waals surface area contributed by atoms with Crippen molar-refractivity contribution < 1.29 is 9.53 Å². The van der Waals surface area contributed by atoms with Gasteiger partial charge in [0.05, 0.1) is 12.7 Å². The Morgan fingerprint density at radius 2 is 1.75 bits per heavy atom. The van der Waals surface area contributed by atoms with Crippen LogP contribution in [0, 0.1) is 0 Å². The normalized spacial score (nSPS) is 15.0. The summed E-state index contributed by atoms with van der Waals surface area (Å²) in [7, 11) is 1.57. The first kappa shape index (κ1) is 18.3. The summed E-state index contributed by atoms with van der Waals surface area (Å²) in [6.07, 6.45) is 0. The number of fused-ring (bicyclic) bond motifs is 1. The highest BCUT2D eigenvalue weighted by atomic mass is 16.5. The van der Waals surface area contributed by atoms with Crippen LogP contribution in [0.25, 0.3) is 10.9 Å². The summed E-state index contributed by atoms with van der Waals surface area (Å²) in [4.78, 5) is 32.2. The van der Waals surface area contributed by atoms with E-state index in [1.165, 1.54) is 0 Å². The van der Waals surface area contributed by atoms with Crippen LogP contribution in [0.4, 0.5) is 0 Å². The van der Waals surface area contributed by atoms with Gasteiger partial charge in [0, 0.05) is 43.8 Å². The number of methoxy groups -OCH3 is 1. The Hall–Kier alpha value is -3.12. The molecule has 1 N–H and O–H groups in total. The highest BCUT2D eigenvalue weighted by Gasteiger charge is 2.24. The zero-order chi connectivity index (χ0) is 19.5. The van der Waals surface area contributed by atoms with E-state index in [0.29, 0.717) is 30.9 Å². The minimum Gasteiger partial charge on any atom is -0.496 e. The van der Waals surface area contributed by atoms with Gasteiger partial charge in [0.15, 0.2) is 0 Å². The van der Waals surface area contributed by atoms with Gasteiger partial charge in [-0.05, 0) is 29.7 Å². The third-order valence-electron chi connectivity index (χ3n) is 5.22. The number of amides is 1. The van der Waals surface area contributed by atoms with Gasteiger partial charge in [0.25, 0.3) is 11.5 Å². The Kier molecular flexibility index (Phi) is 5.12. The summed E-state index contributed by atoms with van der Waals surface area (Å²) in [5.74, 6) is 0.582. The Balaban J connectivity index is 1.43. The molecule has 6 nitrogen and oxygen atoms in total. The topological polar surface area (TPSA) is 65.6 Å². The summed E-state index contributed by atoms with van der Waals surface area (Å²) < 4.78 is 5.31. The molecule has 2 aromatic carbocycles. The Labute approximate surface area is 163 Å². The van der Waals surface area contributed by atoms with Gasteiger partial charge in [-0.3, -0.25) is 14.5 Å². The molecule has 1 amide bonds. The van der Waals surface area contributed by atoms with E-state index in [9.17, 15) is 9.59 Å². The largest absolute Gasteiger partial charge is 0.496 e. The van der Waals surface area contributed by atoms with Crippen LogP contribution in [0.1, 0.15) is 15.9 Å². The van der Waals surface area contributed by atoms with Crippen LogP contribution >= 0.6 is 0 Å². The fourth-order valence-corrected chi connectivity index (χ4v) is 3.65. The van der Waals surface area contributed by atoms with Crippen LogP contribution in [0.5, 0.6) is 5.75 Å². The van der Waals surface area contributed by atoms with Crippen LogP contribution in [-0.2, 0) is 6.54 Å². The van der Waals surface area contributed by atoms with Crippen LogP contribution in [-0.4, -0.2) is 54.0 Å². The molecule has 1 aliphatic heterocycles. The second kappa shape index (κ2) is 7.86. The molecule has 1 aliphatic rings. The summed E-state index contributed by atoms with van der Waals surface area (Å²) in [6.45, 7) is 3.29. The molecule has 0 bridgehead atoms. The molecule has 0 radical (unpaired) electrons. The average Bonchev–Trinajstić information content (AvgIpc) is 2.74. The van der Waals surface area contributed by atoms with Gasteiger partial charge in [-0.2, -0.15) is 0 Å². The monoisotopic (exact) mass is 377 g/mol. The number of ether oxygens (including phenoxy) is 1. The number of aromatic nitrogens is 1.